The van der Waals surface area contributed by atoms with Crippen molar-refractivity contribution in [1.29, 1.82) is 0 Å². The van der Waals surface area contributed by atoms with Gasteiger partial charge in [0.2, 0.25) is 5.91 Å². The van der Waals surface area contributed by atoms with Crippen LogP contribution in [0.5, 0.6) is 0 Å². The Morgan fingerprint density at radius 3 is 1.81 bits per heavy atom. The van der Waals surface area contributed by atoms with E-state index in [1.54, 1.807) is 11.1 Å². The molecule has 1 aliphatic heterocycles. The molecule has 1 rings (SSSR count). The molecule has 0 aromatic carbocycles. The van der Waals surface area contributed by atoms with E-state index in [0.717, 1.165) is 13.0 Å². The molecule has 1 fully saturated rings. The lowest BCUT2D eigenvalue weighted by molar-refractivity contribution is -0.125. The molecule has 0 aromatic rings. The minimum absolute atomic E-state index is 0.208. The third-order valence-corrected chi connectivity index (χ3v) is 2.99. The lowest BCUT2D eigenvalue weighted by Crippen LogP contribution is -2.58. The quantitative estimate of drug-likeness (QED) is 0.745. The second-order valence-electron chi connectivity index (χ2n) is 5.32. The second kappa shape index (κ2) is 5.46. The normalized spacial score (nSPS) is 16.9. The molecule has 0 aromatic heterocycles. The third-order valence-electron chi connectivity index (χ3n) is 2.99. The Bertz CT molecular complexity index is 236. The van der Waals surface area contributed by atoms with Gasteiger partial charge in [0.15, 0.2) is 0 Å². The summed E-state index contributed by atoms with van der Waals surface area (Å²) in [6, 6.07) is 0. The number of carbonyl (C=O) groups is 1. The van der Waals surface area contributed by atoms with Gasteiger partial charge in [0.1, 0.15) is 0 Å². The van der Waals surface area contributed by atoms with Crippen molar-refractivity contribution in [1.82, 2.24) is 4.90 Å². The summed E-state index contributed by atoms with van der Waals surface area (Å²) >= 11 is 0. The number of carbonyl (C=O) groups excluding carboxylic acids is 1. The highest BCUT2D eigenvalue weighted by Gasteiger charge is 2.28. The van der Waals surface area contributed by atoms with Crippen molar-refractivity contribution in [2.24, 2.45) is 11.5 Å². The largest absolute Gasteiger partial charge is 0.324 e. The Kier molecular flexibility index (Phi) is 5.16. The highest BCUT2D eigenvalue weighted by molar-refractivity contribution is 5.78. The van der Waals surface area contributed by atoms with Crippen LogP contribution in [0.2, 0.25) is 0 Å². The van der Waals surface area contributed by atoms with Crippen LogP contribution in [0.25, 0.3) is 0 Å². The average molecular weight is 227 g/mol. The molecule has 4 heteroatoms. The number of hydrogen-bond acceptors (Lipinski definition) is 3. The van der Waals surface area contributed by atoms with Gasteiger partial charge < -0.3 is 16.4 Å². The van der Waals surface area contributed by atoms with Gasteiger partial charge in [-0.25, -0.2) is 0 Å². The summed E-state index contributed by atoms with van der Waals surface area (Å²) in [7, 11) is 0. The highest BCUT2D eigenvalue weighted by atomic mass is 16.2. The first-order valence-electron chi connectivity index (χ1n) is 5.59. The van der Waals surface area contributed by atoms with Gasteiger partial charge in [0, 0.05) is 24.0 Å². The standard InChI is InChI=1S/C6H16N2.C6H9NO/c1-5(2,7)6(3,4)8;1-2-7-5-3-4-6(7)8/h7-8H2,1-4H3;2H,1,3-5H2. The molecule has 1 saturated heterocycles. The third kappa shape index (κ3) is 4.77. The monoisotopic (exact) mass is 227 g/mol. The molecule has 0 atom stereocenters. The van der Waals surface area contributed by atoms with Gasteiger partial charge in [-0.1, -0.05) is 6.58 Å². The van der Waals surface area contributed by atoms with Crippen LogP contribution in [0.1, 0.15) is 40.5 Å². The van der Waals surface area contributed by atoms with Gasteiger partial charge in [-0.15, -0.1) is 0 Å². The fourth-order valence-corrected chi connectivity index (χ4v) is 0.862. The van der Waals surface area contributed by atoms with Gasteiger partial charge in [-0.2, -0.15) is 0 Å². The first-order valence-corrected chi connectivity index (χ1v) is 5.59. The lowest BCUT2D eigenvalue weighted by Gasteiger charge is -2.34. The van der Waals surface area contributed by atoms with Crippen LogP contribution in [0.4, 0.5) is 0 Å². The number of nitrogens with zero attached hydrogens (tertiary/aromatic N) is 1. The van der Waals surface area contributed by atoms with E-state index in [4.69, 9.17) is 11.5 Å². The zero-order valence-corrected chi connectivity index (χ0v) is 10.9. The molecule has 1 heterocycles. The summed E-state index contributed by atoms with van der Waals surface area (Å²) in [5.41, 5.74) is 10.8. The van der Waals surface area contributed by atoms with Crippen molar-refractivity contribution in [3.8, 4) is 0 Å². The Balaban J connectivity index is 0.000000281. The van der Waals surface area contributed by atoms with Gasteiger partial charge in [-0.3, -0.25) is 4.79 Å². The SMILES string of the molecule is C=CN1CCCC1=O.CC(C)(N)C(C)(C)N. The molecule has 4 N–H and O–H groups in total. The van der Waals surface area contributed by atoms with Gasteiger partial charge in [0.05, 0.1) is 0 Å². The number of nitrogens with two attached hydrogens (primary N) is 2. The van der Waals surface area contributed by atoms with Crippen molar-refractivity contribution in [3.63, 3.8) is 0 Å². The van der Waals surface area contributed by atoms with Crippen molar-refractivity contribution < 1.29 is 4.79 Å². The summed E-state index contributed by atoms with van der Waals surface area (Å²) in [6.07, 6.45) is 3.28. The molecule has 0 aliphatic carbocycles. The summed E-state index contributed by atoms with van der Waals surface area (Å²) in [5.74, 6) is 0.208. The Hall–Kier alpha value is -0.870. The molecule has 0 spiro atoms. The van der Waals surface area contributed by atoms with E-state index in [1.807, 2.05) is 27.7 Å². The van der Waals surface area contributed by atoms with Gasteiger partial charge in [-0.05, 0) is 40.3 Å². The van der Waals surface area contributed by atoms with Crippen molar-refractivity contribution in [2.45, 2.75) is 51.6 Å². The topological polar surface area (TPSA) is 72.3 Å². The molecule has 0 radical (unpaired) electrons. The van der Waals surface area contributed by atoms with Crippen LogP contribution in [-0.4, -0.2) is 28.4 Å². The van der Waals surface area contributed by atoms with Crippen molar-refractivity contribution in [3.05, 3.63) is 12.8 Å². The summed E-state index contributed by atoms with van der Waals surface area (Å²) in [6.45, 7) is 12.1. The fraction of sp³-hybridized carbons (Fsp3) is 0.750. The Labute approximate surface area is 98.7 Å². The Morgan fingerprint density at radius 2 is 1.69 bits per heavy atom. The maximum absolute atomic E-state index is 10.7. The van der Waals surface area contributed by atoms with Crippen molar-refractivity contribution >= 4 is 5.91 Å². The first-order chi connectivity index (χ1) is 7.09. The molecule has 4 nitrogen and oxygen atoms in total. The number of hydrogen-bond donors (Lipinski definition) is 2. The maximum Gasteiger partial charge on any atom is 0.226 e. The van der Waals surface area contributed by atoms with Crippen LogP contribution < -0.4 is 11.5 Å². The van der Waals surface area contributed by atoms with Gasteiger partial charge >= 0.3 is 0 Å². The summed E-state index contributed by atoms with van der Waals surface area (Å²) in [4.78, 5) is 12.3. The van der Waals surface area contributed by atoms with Crippen LogP contribution in [0, 0.1) is 0 Å². The maximum atomic E-state index is 10.7. The van der Waals surface area contributed by atoms with E-state index in [9.17, 15) is 4.79 Å². The lowest BCUT2D eigenvalue weighted by atomic mass is 9.85. The van der Waals surface area contributed by atoms with E-state index in [1.165, 1.54) is 0 Å². The fourth-order valence-electron chi connectivity index (χ4n) is 0.862. The Morgan fingerprint density at radius 1 is 1.25 bits per heavy atom. The molecular formula is C12H25N3O. The molecule has 0 unspecified atom stereocenters. The van der Waals surface area contributed by atoms with Gasteiger partial charge in [0.25, 0.3) is 0 Å². The summed E-state index contributed by atoms with van der Waals surface area (Å²) < 4.78 is 0. The van der Waals surface area contributed by atoms with E-state index in [-0.39, 0.29) is 17.0 Å². The van der Waals surface area contributed by atoms with E-state index >= 15 is 0 Å². The smallest absolute Gasteiger partial charge is 0.226 e. The predicted octanol–water partition coefficient (Wildman–Crippen LogP) is 1.21. The van der Waals surface area contributed by atoms with E-state index in [0.29, 0.717) is 6.42 Å². The summed E-state index contributed by atoms with van der Waals surface area (Å²) in [5, 5.41) is 0. The highest BCUT2D eigenvalue weighted by Crippen LogP contribution is 2.13. The second-order valence-corrected chi connectivity index (χ2v) is 5.32. The van der Waals surface area contributed by atoms with Crippen LogP contribution >= 0.6 is 0 Å². The minimum Gasteiger partial charge on any atom is -0.324 e. The molecular weight excluding hydrogens is 202 g/mol. The van der Waals surface area contributed by atoms with Crippen LogP contribution in [0.3, 0.4) is 0 Å². The zero-order chi connectivity index (χ0) is 13.0. The van der Waals surface area contributed by atoms with Crippen molar-refractivity contribution in [2.75, 3.05) is 6.54 Å². The minimum atomic E-state index is -0.285. The molecule has 1 amide bonds. The predicted molar refractivity (Wildman–Crippen MR) is 67.7 cm³/mol. The number of rotatable bonds is 2. The molecule has 0 saturated carbocycles. The van der Waals surface area contributed by atoms with E-state index in [2.05, 4.69) is 6.58 Å². The zero-order valence-electron chi connectivity index (χ0n) is 10.9. The average Bonchev–Trinajstić information content (AvgIpc) is 2.48. The number of amides is 1. The molecule has 16 heavy (non-hydrogen) atoms. The first kappa shape index (κ1) is 15.1. The number of likely N-dealkylation sites (tertiary alicyclic amines) is 1. The molecule has 0 bridgehead atoms. The molecule has 1 aliphatic rings. The van der Waals surface area contributed by atoms with E-state index < -0.39 is 0 Å². The van der Waals surface area contributed by atoms with Crippen LogP contribution in [0.15, 0.2) is 12.8 Å². The molecule has 94 valence electrons. The van der Waals surface area contributed by atoms with Crippen LogP contribution in [-0.2, 0) is 4.79 Å².